The van der Waals surface area contributed by atoms with E-state index >= 15 is 0 Å². The summed E-state index contributed by atoms with van der Waals surface area (Å²) in [6.45, 7) is 1.87. The third-order valence-corrected chi connectivity index (χ3v) is 4.90. The second-order valence-corrected chi connectivity index (χ2v) is 7.37. The Morgan fingerprint density at radius 2 is 1.44 bits per heavy atom. The first-order valence-electron chi connectivity index (χ1n) is 8.17. The molecule has 0 radical (unpaired) electrons. The SMILES string of the molecule is Cc1ccc(S(=O)(=O)Oc2cccc(NC(=O)Nc3ccccc3)c2)cc1. The summed E-state index contributed by atoms with van der Waals surface area (Å²) in [5.41, 5.74) is 1.99. The lowest BCUT2D eigenvalue weighted by molar-refractivity contribution is 0.262. The molecule has 0 aliphatic rings. The van der Waals surface area contributed by atoms with Crippen molar-refractivity contribution >= 4 is 27.5 Å². The van der Waals surface area contributed by atoms with Crippen molar-refractivity contribution in [1.82, 2.24) is 0 Å². The zero-order valence-electron chi connectivity index (χ0n) is 14.5. The van der Waals surface area contributed by atoms with Crippen LogP contribution in [0, 0.1) is 6.92 Å². The Hall–Kier alpha value is -3.32. The Morgan fingerprint density at radius 3 is 2.15 bits per heavy atom. The van der Waals surface area contributed by atoms with Crippen LogP contribution in [0.15, 0.2) is 83.8 Å². The van der Waals surface area contributed by atoms with Gasteiger partial charge < -0.3 is 14.8 Å². The highest BCUT2D eigenvalue weighted by Gasteiger charge is 2.16. The number of amides is 2. The van der Waals surface area contributed by atoms with Crippen LogP contribution >= 0.6 is 0 Å². The van der Waals surface area contributed by atoms with E-state index in [9.17, 15) is 13.2 Å². The van der Waals surface area contributed by atoms with E-state index in [1.54, 1.807) is 48.5 Å². The van der Waals surface area contributed by atoms with Crippen molar-refractivity contribution in [2.24, 2.45) is 0 Å². The van der Waals surface area contributed by atoms with Crippen LogP contribution in [-0.2, 0) is 10.1 Å². The molecule has 0 saturated heterocycles. The lowest BCUT2D eigenvalue weighted by Crippen LogP contribution is -2.19. The smallest absolute Gasteiger partial charge is 0.339 e. The van der Waals surface area contributed by atoms with Crippen LogP contribution in [0.5, 0.6) is 5.75 Å². The minimum absolute atomic E-state index is 0.0632. The van der Waals surface area contributed by atoms with Gasteiger partial charge in [0.05, 0.1) is 0 Å². The number of urea groups is 1. The molecule has 0 aliphatic heterocycles. The molecule has 0 unspecified atom stereocenters. The van der Waals surface area contributed by atoms with E-state index in [-0.39, 0.29) is 10.6 Å². The Labute approximate surface area is 157 Å². The molecule has 0 spiro atoms. The first kappa shape index (κ1) is 18.5. The monoisotopic (exact) mass is 382 g/mol. The number of carbonyl (C=O) groups excluding carboxylic acids is 1. The van der Waals surface area contributed by atoms with Gasteiger partial charge in [0.15, 0.2) is 0 Å². The summed E-state index contributed by atoms with van der Waals surface area (Å²) in [5, 5.41) is 5.32. The first-order valence-corrected chi connectivity index (χ1v) is 9.57. The fourth-order valence-corrected chi connectivity index (χ4v) is 3.24. The molecule has 0 aromatic heterocycles. The molecule has 0 saturated carbocycles. The van der Waals surface area contributed by atoms with Crippen LogP contribution in [0.3, 0.4) is 0 Å². The van der Waals surface area contributed by atoms with E-state index in [1.807, 2.05) is 13.0 Å². The number of carbonyl (C=O) groups is 1. The van der Waals surface area contributed by atoms with Gasteiger partial charge in [-0.05, 0) is 43.3 Å². The lowest BCUT2D eigenvalue weighted by atomic mass is 10.2. The summed E-state index contributed by atoms with van der Waals surface area (Å²) in [6, 6.07) is 21.1. The number of hydrogen-bond donors (Lipinski definition) is 2. The van der Waals surface area contributed by atoms with E-state index in [0.29, 0.717) is 11.4 Å². The second kappa shape index (κ2) is 7.92. The number of aryl methyl sites for hydroxylation is 1. The van der Waals surface area contributed by atoms with Gasteiger partial charge in [-0.1, -0.05) is 42.0 Å². The molecule has 0 aliphatic carbocycles. The quantitative estimate of drug-likeness (QED) is 0.640. The third kappa shape index (κ3) is 5.08. The molecule has 0 atom stereocenters. The summed E-state index contributed by atoms with van der Waals surface area (Å²) in [4.78, 5) is 12.1. The van der Waals surface area contributed by atoms with Gasteiger partial charge >= 0.3 is 16.1 Å². The van der Waals surface area contributed by atoms with Gasteiger partial charge in [-0.15, -0.1) is 0 Å². The van der Waals surface area contributed by atoms with Crippen LogP contribution in [0.4, 0.5) is 16.2 Å². The number of hydrogen-bond acceptors (Lipinski definition) is 4. The molecule has 27 heavy (non-hydrogen) atoms. The van der Waals surface area contributed by atoms with E-state index < -0.39 is 16.1 Å². The van der Waals surface area contributed by atoms with Crippen molar-refractivity contribution in [3.63, 3.8) is 0 Å². The minimum Gasteiger partial charge on any atom is -0.379 e. The molecular weight excluding hydrogens is 364 g/mol. The van der Waals surface area contributed by atoms with Crippen molar-refractivity contribution in [2.45, 2.75) is 11.8 Å². The first-order chi connectivity index (χ1) is 12.9. The number of para-hydroxylation sites is 1. The minimum atomic E-state index is -3.95. The molecule has 0 fully saturated rings. The predicted molar refractivity (Wildman–Crippen MR) is 105 cm³/mol. The van der Waals surface area contributed by atoms with Gasteiger partial charge in [0, 0.05) is 17.4 Å². The molecule has 6 nitrogen and oxygen atoms in total. The van der Waals surface area contributed by atoms with E-state index in [4.69, 9.17) is 4.18 Å². The Morgan fingerprint density at radius 1 is 0.815 bits per heavy atom. The van der Waals surface area contributed by atoms with Crippen molar-refractivity contribution in [3.8, 4) is 5.75 Å². The molecule has 2 N–H and O–H groups in total. The maximum atomic E-state index is 12.4. The van der Waals surface area contributed by atoms with E-state index in [0.717, 1.165) is 5.56 Å². The standard InChI is InChI=1S/C20H18N2O4S/c1-15-10-12-19(13-11-15)27(24,25)26-18-9-5-8-17(14-18)22-20(23)21-16-6-3-2-4-7-16/h2-14H,1H3,(H2,21,22,23). The second-order valence-electron chi connectivity index (χ2n) is 5.82. The summed E-state index contributed by atoms with van der Waals surface area (Å²) in [6.07, 6.45) is 0. The van der Waals surface area contributed by atoms with Gasteiger partial charge in [-0.25, -0.2) is 4.79 Å². The topological polar surface area (TPSA) is 84.5 Å². The molecule has 3 rings (SSSR count). The third-order valence-electron chi connectivity index (χ3n) is 3.64. The van der Waals surface area contributed by atoms with Gasteiger partial charge in [-0.2, -0.15) is 8.42 Å². The van der Waals surface area contributed by atoms with Crippen molar-refractivity contribution < 1.29 is 17.4 Å². The zero-order chi connectivity index (χ0) is 19.3. The molecule has 0 bridgehead atoms. The molecule has 3 aromatic carbocycles. The zero-order valence-corrected chi connectivity index (χ0v) is 15.4. The lowest BCUT2D eigenvalue weighted by Gasteiger charge is -2.10. The molecule has 0 heterocycles. The maximum Gasteiger partial charge on any atom is 0.339 e. The van der Waals surface area contributed by atoms with E-state index in [1.165, 1.54) is 24.3 Å². The Balaban J connectivity index is 1.70. The highest BCUT2D eigenvalue weighted by atomic mass is 32.2. The largest absolute Gasteiger partial charge is 0.379 e. The van der Waals surface area contributed by atoms with Crippen molar-refractivity contribution in [3.05, 3.63) is 84.4 Å². The summed E-state index contributed by atoms with van der Waals surface area (Å²) < 4.78 is 29.9. The average molecular weight is 382 g/mol. The highest BCUT2D eigenvalue weighted by Crippen LogP contribution is 2.22. The van der Waals surface area contributed by atoms with Gasteiger partial charge in [-0.3, -0.25) is 0 Å². The van der Waals surface area contributed by atoms with Crippen LogP contribution in [0.2, 0.25) is 0 Å². The van der Waals surface area contributed by atoms with Crippen molar-refractivity contribution in [2.75, 3.05) is 10.6 Å². The van der Waals surface area contributed by atoms with Gasteiger partial charge in [0.2, 0.25) is 0 Å². The molecular formula is C20H18N2O4S. The average Bonchev–Trinajstić information content (AvgIpc) is 2.62. The Bertz CT molecular complexity index is 1030. The number of rotatable bonds is 5. The fourth-order valence-electron chi connectivity index (χ4n) is 2.32. The molecule has 138 valence electrons. The maximum absolute atomic E-state index is 12.4. The van der Waals surface area contributed by atoms with Crippen LogP contribution in [-0.4, -0.2) is 14.4 Å². The summed E-state index contributed by atoms with van der Waals surface area (Å²) >= 11 is 0. The number of nitrogens with one attached hydrogen (secondary N) is 2. The van der Waals surface area contributed by atoms with Crippen LogP contribution in [0.25, 0.3) is 0 Å². The molecule has 3 aromatic rings. The van der Waals surface area contributed by atoms with Crippen LogP contribution < -0.4 is 14.8 Å². The van der Waals surface area contributed by atoms with Gasteiger partial charge in [0.1, 0.15) is 10.6 Å². The summed E-state index contributed by atoms with van der Waals surface area (Å²) in [7, 11) is -3.95. The van der Waals surface area contributed by atoms with Gasteiger partial charge in [0.25, 0.3) is 0 Å². The number of anilines is 2. The van der Waals surface area contributed by atoms with E-state index in [2.05, 4.69) is 10.6 Å². The highest BCUT2D eigenvalue weighted by molar-refractivity contribution is 7.87. The predicted octanol–water partition coefficient (Wildman–Crippen LogP) is 4.41. The number of benzene rings is 3. The Kier molecular flexibility index (Phi) is 5.42. The summed E-state index contributed by atoms with van der Waals surface area (Å²) in [5.74, 6) is 0.105. The molecule has 7 heteroatoms. The van der Waals surface area contributed by atoms with Crippen LogP contribution in [0.1, 0.15) is 5.56 Å². The fraction of sp³-hybridized carbons (Fsp3) is 0.0500. The normalized spacial score (nSPS) is 10.9. The van der Waals surface area contributed by atoms with Crippen molar-refractivity contribution in [1.29, 1.82) is 0 Å². The molecule has 2 amide bonds.